The molecular weight excluding hydrogens is 779 g/mol. The predicted octanol–water partition coefficient (Wildman–Crippen LogP) is 0.527. The van der Waals surface area contributed by atoms with Gasteiger partial charge in [0.05, 0.1) is 46.7 Å². The molecule has 6 aromatic rings. The molecule has 6 rings (SSSR count). The van der Waals surface area contributed by atoms with Crippen LogP contribution in [0, 0.1) is 18.6 Å². The zero-order chi connectivity index (χ0) is 36.8. The Labute approximate surface area is 393 Å². The van der Waals surface area contributed by atoms with E-state index >= 15 is 0 Å². The molecule has 0 atom stereocenters. The molecule has 0 saturated carbocycles. The molecule has 19 heteroatoms. The van der Waals surface area contributed by atoms with Crippen LogP contribution in [0.3, 0.4) is 0 Å². The summed E-state index contributed by atoms with van der Waals surface area (Å²) in [6, 6.07) is 16.1. The Hall–Kier alpha value is -2.34. The summed E-state index contributed by atoms with van der Waals surface area (Å²) in [5.41, 5.74) is 2.65. The van der Waals surface area contributed by atoms with Crippen LogP contribution in [0.2, 0.25) is 10.0 Å². The van der Waals surface area contributed by atoms with Crippen LogP contribution < -0.4 is 128 Å². The molecule has 52 heavy (non-hydrogen) atoms. The molecule has 13 nitrogen and oxygen atoms in total. The van der Waals surface area contributed by atoms with Crippen LogP contribution in [0.5, 0.6) is 17.2 Å². The van der Waals surface area contributed by atoms with E-state index in [1.54, 1.807) is 37.4 Å². The third kappa shape index (κ3) is 12.6. The van der Waals surface area contributed by atoms with E-state index in [0.29, 0.717) is 33.8 Å². The molecule has 0 aliphatic rings. The largest absolute Gasteiger partial charge is 1.00 e. The number of rotatable bonds is 7. The summed E-state index contributed by atoms with van der Waals surface area (Å²) in [7, 11) is 4.05. The Morgan fingerprint density at radius 1 is 0.769 bits per heavy atom. The van der Waals surface area contributed by atoms with Gasteiger partial charge in [-0.2, -0.15) is 0 Å². The number of carbonyl (C=O) groups is 1. The van der Waals surface area contributed by atoms with Crippen molar-refractivity contribution in [3.63, 3.8) is 0 Å². The van der Waals surface area contributed by atoms with Gasteiger partial charge in [0.15, 0.2) is 23.1 Å². The van der Waals surface area contributed by atoms with Crippen molar-refractivity contribution in [2.24, 2.45) is 0 Å². The molecule has 4 aromatic carbocycles. The molecule has 0 bridgehead atoms. The second-order valence-corrected chi connectivity index (χ2v) is 10.3. The Morgan fingerprint density at radius 3 is 1.62 bits per heavy atom. The molecule has 2 aromatic heterocycles. The van der Waals surface area contributed by atoms with Crippen LogP contribution in [-0.4, -0.2) is 58.0 Å². The van der Waals surface area contributed by atoms with Crippen molar-refractivity contribution in [1.82, 2.24) is 19.9 Å². The summed E-state index contributed by atoms with van der Waals surface area (Å²) in [6.07, 6.45) is 2.76. The molecule has 0 aliphatic heterocycles. The fourth-order valence-corrected chi connectivity index (χ4v) is 4.65. The van der Waals surface area contributed by atoms with Crippen LogP contribution in [0.25, 0.3) is 21.8 Å². The molecule has 2 heterocycles. The number of aliphatic hydroxyl groups excluding tert-OH is 1. The number of methoxy groups -OCH3 is 2. The molecule has 0 aliphatic carbocycles. The van der Waals surface area contributed by atoms with E-state index in [1.807, 2.05) is 19.1 Å². The van der Waals surface area contributed by atoms with E-state index in [0.717, 1.165) is 23.8 Å². The summed E-state index contributed by atoms with van der Waals surface area (Å²) < 4.78 is 38.3. The number of phenolic OH excluding ortho intramolecular Hbond substituents is 1. The number of phenols is 1. The molecule has 4 N–H and O–H groups in total. The first-order valence-corrected chi connectivity index (χ1v) is 14.8. The van der Waals surface area contributed by atoms with Crippen LogP contribution >= 0.6 is 23.2 Å². The van der Waals surface area contributed by atoms with Gasteiger partial charge in [-0.1, -0.05) is 35.3 Å². The van der Waals surface area contributed by atoms with Gasteiger partial charge < -0.3 is 41.9 Å². The fourth-order valence-electron chi connectivity index (χ4n) is 4.30. The summed E-state index contributed by atoms with van der Waals surface area (Å²) in [6.45, 7) is 1.75. The maximum atomic E-state index is 14.0. The maximum absolute atomic E-state index is 14.0. The van der Waals surface area contributed by atoms with E-state index in [4.69, 9.17) is 47.8 Å². The molecular formula is C33H30Cl2F2K2N6O7. The summed E-state index contributed by atoms with van der Waals surface area (Å²) in [4.78, 5) is 27.9. The molecule has 0 spiro atoms. The van der Waals surface area contributed by atoms with Gasteiger partial charge in [-0.3, -0.25) is 4.79 Å². The number of nitrogens with zero attached hydrogens (tertiary/aromatic N) is 4. The van der Waals surface area contributed by atoms with E-state index < -0.39 is 11.6 Å². The van der Waals surface area contributed by atoms with Gasteiger partial charge >= 0.3 is 103 Å². The number of benzene rings is 4. The summed E-state index contributed by atoms with van der Waals surface area (Å²) in [5, 5.41) is 32.5. The minimum Gasteiger partial charge on any atom is -1.00 e. The Kier molecular flexibility index (Phi) is 22.1. The quantitative estimate of drug-likeness (QED) is 0.0759. The number of hydrogen-bond donors (Lipinski definition) is 4. The Balaban J connectivity index is 0.000000847. The first-order valence-electron chi connectivity index (χ1n) is 14.0. The minimum absolute atomic E-state index is 0. The number of ether oxygens (including phenoxy) is 2. The van der Waals surface area contributed by atoms with Gasteiger partial charge in [0.2, 0.25) is 0 Å². The monoisotopic (exact) mass is 808 g/mol. The zero-order valence-corrected chi connectivity index (χ0v) is 36.5. The van der Waals surface area contributed by atoms with Gasteiger partial charge in [-0.15, -0.1) is 0 Å². The Morgan fingerprint density at radius 2 is 1.19 bits per heavy atom. The molecule has 0 saturated heterocycles. The zero-order valence-electron chi connectivity index (χ0n) is 29.7. The van der Waals surface area contributed by atoms with E-state index in [-0.39, 0.29) is 138 Å². The van der Waals surface area contributed by atoms with Gasteiger partial charge in [-0.25, -0.2) is 28.7 Å². The van der Waals surface area contributed by atoms with Crippen molar-refractivity contribution in [2.75, 3.05) is 32.0 Å². The Bertz CT molecular complexity index is 1960. The molecule has 0 fully saturated rings. The van der Waals surface area contributed by atoms with Gasteiger partial charge in [0, 0.05) is 30.0 Å². The SMILES string of the molecule is CO.COc1cc2ncnc(Nc3cccc(Cl)c3F)c2cc1C.COc1cc2ncnc(Nc3cccc(Cl)c3F)c2cc1O.O=CO[O-].[H-].[K+].[K+]. The second-order valence-electron chi connectivity index (χ2n) is 9.47. The normalized spacial score (nSPS) is 9.58. The first-order chi connectivity index (χ1) is 24.1. The van der Waals surface area contributed by atoms with Crippen LogP contribution in [0.1, 0.15) is 6.99 Å². The molecule has 0 unspecified atom stereocenters. The number of nitrogens with one attached hydrogen (secondary N) is 2. The summed E-state index contributed by atoms with van der Waals surface area (Å²) >= 11 is 11.6. The van der Waals surface area contributed by atoms with Crippen molar-refractivity contribution in [2.45, 2.75) is 6.92 Å². The van der Waals surface area contributed by atoms with Crippen molar-refractivity contribution in [1.29, 1.82) is 0 Å². The number of halogens is 4. The number of fused-ring (bicyclic) bond motifs is 2. The van der Waals surface area contributed by atoms with E-state index in [2.05, 4.69) is 35.5 Å². The number of hydrogen-bond acceptors (Lipinski definition) is 13. The number of aryl methyl sites for hydroxylation is 1. The van der Waals surface area contributed by atoms with Crippen LogP contribution in [-0.2, 0) is 9.68 Å². The van der Waals surface area contributed by atoms with Crippen molar-refractivity contribution < 1.29 is 148 Å². The average Bonchev–Trinajstić information content (AvgIpc) is 3.13. The molecule has 264 valence electrons. The first kappa shape index (κ1) is 47.7. The number of aromatic nitrogens is 4. The number of anilines is 4. The van der Waals surface area contributed by atoms with Crippen molar-refractivity contribution in [3.8, 4) is 17.2 Å². The molecule has 0 amide bonds. The van der Waals surface area contributed by atoms with Crippen LogP contribution in [0.4, 0.5) is 31.8 Å². The third-order valence-corrected chi connectivity index (χ3v) is 7.12. The van der Waals surface area contributed by atoms with Gasteiger partial charge in [0.25, 0.3) is 6.47 Å². The van der Waals surface area contributed by atoms with Gasteiger partial charge in [0.1, 0.15) is 30.0 Å². The van der Waals surface area contributed by atoms with E-state index in [9.17, 15) is 13.9 Å². The van der Waals surface area contributed by atoms with Gasteiger partial charge in [-0.05, 0) is 48.9 Å². The standard InChI is InChI=1S/C16H13ClFN3O.C15H11ClFN3O2.CH2O3.CH4O.2K.H/c1-9-6-10-13(7-14(9)22-2)19-8-20-16(10)21-12-5-3-4-11(17)15(12)18;1-22-13-6-11-8(5-12(13)21)15(19-7-18-11)20-10-4-2-3-9(16)14(10)17;2-1-4-3;1-2;;;/h3-8H,1-2H3,(H,19,20,21);2-7,21H,1H3,(H,18,19,20);1,3H;2H,1H3;;;/q;;;;2*+1;-1/p-1. The number of aliphatic hydroxyl groups is 1. The van der Waals surface area contributed by atoms with Crippen molar-refractivity contribution >= 4 is 74.5 Å². The fraction of sp³-hybridized carbons (Fsp3) is 0.121. The number of aromatic hydroxyl groups is 1. The smallest absolute Gasteiger partial charge is 1.00 e. The maximum Gasteiger partial charge on any atom is 1.00 e. The summed E-state index contributed by atoms with van der Waals surface area (Å²) in [5.74, 6) is 0.757. The third-order valence-electron chi connectivity index (χ3n) is 6.54. The minimum atomic E-state index is -0.575. The predicted molar refractivity (Wildman–Crippen MR) is 184 cm³/mol. The number of carbonyl (C=O) groups excluding carboxylic acids is 1. The average molecular weight is 810 g/mol. The topological polar surface area (TPSA) is 184 Å². The van der Waals surface area contributed by atoms with Crippen molar-refractivity contribution in [3.05, 3.63) is 101 Å². The van der Waals surface area contributed by atoms with Crippen LogP contribution in [0.15, 0.2) is 73.3 Å². The molecule has 0 radical (unpaired) electrons. The van der Waals surface area contributed by atoms with E-state index in [1.165, 1.54) is 38.0 Å². The second kappa shape index (κ2) is 24.1.